The molecule has 0 aliphatic heterocycles. The summed E-state index contributed by atoms with van der Waals surface area (Å²) in [5.41, 5.74) is 3.14. The summed E-state index contributed by atoms with van der Waals surface area (Å²) in [5.74, 6) is -0.516. The minimum atomic E-state index is -0.281. The number of likely N-dealkylation sites (N-methyl/N-ethyl adjacent to an activating group) is 1. The van der Waals surface area contributed by atoms with Crippen LogP contribution in [0.4, 0.5) is 5.69 Å². The molecule has 1 heterocycles. The van der Waals surface area contributed by atoms with Crippen LogP contribution in [0.5, 0.6) is 0 Å². The normalized spacial score (nSPS) is 10.1. The van der Waals surface area contributed by atoms with Crippen LogP contribution in [0, 0.1) is 13.8 Å². The second-order valence-corrected chi connectivity index (χ2v) is 5.24. The van der Waals surface area contributed by atoms with Gasteiger partial charge < -0.3 is 10.2 Å². The number of aromatic nitrogens is 1. The van der Waals surface area contributed by atoms with Gasteiger partial charge in [-0.05, 0) is 43.2 Å². The van der Waals surface area contributed by atoms with E-state index < -0.39 is 0 Å². The first-order valence-corrected chi connectivity index (χ1v) is 7.01. The van der Waals surface area contributed by atoms with E-state index in [0.717, 1.165) is 16.8 Å². The van der Waals surface area contributed by atoms with Crippen molar-refractivity contribution in [1.29, 1.82) is 0 Å². The van der Waals surface area contributed by atoms with Crippen LogP contribution in [0.25, 0.3) is 0 Å². The Morgan fingerprint density at radius 1 is 1.18 bits per heavy atom. The Morgan fingerprint density at radius 2 is 1.95 bits per heavy atom. The smallest absolute Gasteiger partial charge is 0.272 e. The van der Waals surface area contributed by atoms with Crippen LogP contribution in [0.15, 0.2) is 42.6 Å². The Labute approximate surface area is 130 Å². The number of anilines is 1. The highest BCUT2D eigenvalue weighted by Crippen LogP contribution is 2.16. The van der Waals surface area contributed by atoms with Gasteiger partial charge in [-0.2, -0.15) is 0 Å². The highest BCUT2D eigenvalue weighted by atomic mass is 16.2. The lowest BCUT2D eigenvalue weighted by molar-refractivity contribution is -0.116. The number of nitrogens with one attached hydrogen (secondary N) is 1. The van der Waals surface area contributed by atoms with Crippen molar-refractivity contribution in [2.75, 3.05) is 18.9 Å². The second-order valence-electron chi connectivity index (χ2n) is 5.24. The predicted octanol–water partition coefficient (Wildman–Crippen LogP) is 2.41. The Bertz CT molecular complexity index is 684. The molecule has 0 bridgehead atoms. The number of amides is 2. The van der Waals surface area contributed by atoms with Crippen LogP contribution in [-0.4, -0.2) is 35.3 Å². The first-order valence-electron chi connectivity index (χ1n) is 7.01. The number of hydrogen-bond donors (Lipinski definition) is 1. The third-order valence-electron chi connectivity index (χ3n) is 3.28. The molecule has 1 N–H and O–H groups in total. The van der Waals surface area contributed by atoms with Gasteiger partial charge in [-0.15, -0.1) is 0 Å². The van der Waals surface area contributed by atoms with Crippen LogP contribution in [0.3, 0.4) is 0 Å². The number of aryl methyl sites for hydroxylation is 2. The molecule has 0 aliphatic rings. The fourth-order valence-corrected chi connectivity index (χ4v) is 2.03. The molecule has 0 aliphatic carbocycles. The lowest BCUT2D eigenvalue weighted by Gasteiger charge is -2.17. The topological polar surface area (TPSA) is 62.3 Å². The molecule has 2 aromatic rings. The summed E-state index contributed by atoms with van der Waals surface area (Å²) in [6, 6.07) is 11.0. The maximum absolute atomic E-state index is 12.1. The van der Waals surface area contributed by atoms with Gasteiger partial charge in [0.1, 0.15) is 5.69 Å². The molecule has 2 rings (SSSR count). The van der Waals surface area contributed by atoms with Gasteiger partial charge in [-0.3, -0.25) is 14.6 Å². The molecule has 0 fully saturated rings. The van der Waals surface area contributed by atoms with Crippen LogP contribution < -0.4 is 5.32 Å². The molecule has 1 aromatic carbocycles. The largest absolute Gasteiger partial charge is 0.331 e. The molecule has 1 aromatic heterocycles. The molecular weight excluding hydrogens is 278 g/mol. The third kappa shape index (κ3) is 3.91. The van der Waals surface area contributed by atoms with Gasteiger partial charge in [0.15, 0.2) is 0 Å². The highest BCUT2D eigenvalue weighted by Gasteiger charge is 2.16. The van der Waals surface area contributed by atoms with Crippen LogP contribution in [0.2, 0.25) is 0 Å². The molecule has 22 heavy (non-hydrogen) atoms. The monoisotopic (exact) mass is 297 g/mol. The fraction of sp³-hybridized carbons (Fsp3) is 0.235. The van der Waals surface area contributed by atoms with Crippen LogP contribution in [0.1, 0.15) is 21.6 Å². The zero-order chi connectivity index (χ0) is 16.1. The summed E-state index contributed by atoms with van der Waals surface area (Å²) >= 11 is 0. The number of rotatable bonds is 4. The van der Waals surface area contributed by atoms with Crippen molar-refractivity contribution in [3.63, 3.8) is 0 Å². The molecule has 0 unspecified atom stereocenters. The standard InChI is InChI=1S/C17H19N3O2/c1-12-7-8-13(2)15(10-12)19-16(21)11-20(3)17(22)14-6-4-5-9-18-14/h4-10H,11H2,1-3H3,(H,19,21). The number of carbonyl (C=O) groups excluding carboxylic acids is 2. The molecule has 0 saturated heterocycles. The zero-order valence-electron chi connectivity index (χ0n) is 13.0. The van der Waals surface area contributed by atoms with Crippen molar-refractivity contribution in [3.05, 3.63) is 59.4 Å². The maximum Gasteiger partial charge on any atom is 0.272 e. The van der Waals surface area contributed by atoms with E-state index in [1.54, 1.807) is 31.4 Å². The molecule has 114 valence electrons. The molecule has 0 spiro atoms. The predicted molar refractivity (Wildman–Crippen MR) is 85.7 cm³/mol. The van der Waals surface area contributed by atoms with Gasteiger partial charge in [0, 0.05) is 18.9 Å². The van der Waals surface area contributed by atoms with Gasteiger partial charge in [-0.1, -0.05) is 18.2 Å². The lowest BCUT2D eigenvalue weighted by atomic mass is 10.1. The third-order valence-corrected chi connectivity index (χ3v) is 3.28. The van der Waals surface area contributed by atoms with E-state index in [2.05, 4.69) is 10.3 Å². The SMILES string of the molecule is Cc1ccc(C)c(NC(=O)CN(C)C(=O)c2ccccn2)c1. The number of nitrogens with zero attached hydrogens (tertiary/aromatic N) is 2. The van der Waals surface area contributed by atoms with Crippen LogP contribution in [-0.2, 0) is 4.79 Å². The lowest BCUT2D eigenvalue weighted by Crippen LogP contribution is -2.35. The molecule has 0 atom stereocenters. The Balaban J connectivity index is 2.00. The average Bonchev–Trinajstić information content (AvgIpc) is 2.51. The van der Waals surface area contributed by atoms with Crippen molar-refractivity contribution in [1.82, 2.24) is 9.88 Å². The van der Waals surface area contributed by atoms with Gasteiger partial charge >= 0.3 is 0 Å². The van der Waals surface area contributed by atoms with Crippen molar-refractivity contribution in [2.24, 2.45) is 0 Å². The molecule has 0 saturated carbocycles. The van der Waals surface area contributed by atoms with Gasteiger partial charge in [0.25, 0.3) is 5.91 Å². The van der Waals surface area contributed by atoms with Crippen molar-refractivity contribution in [3.8, 4) is 0 Å². The Kier molecular flexibility index (Phi) is 4.88. The van der Waals surface area contributed by atoms with E-state index in [9.17, 15) is 9.59 Å². The highest BCUT2D eigenvalue weighted by molar-refractivity contribution is 5.98. The Hall–Kier alpha value is -2.69. The zero-order valence-corrected chi connectivity index (χ0v) is 13.0. The number of benzene rings is 1. The number of pyridine rings is 1. The minimum Gasteiger partial charge on any atom is -0.331 e. The van der Waals surface area contributed by atoms with Gasteiger partial charge in [0.2, 0.25) is 5.91 Å². The van der Waals surface area contributed by atoms with E-state index in [0.29, 0.717) is 5.69 Å². The summed E-state index contributed by atoms with van der Waals surface area (Å²) in [4.78, 5) is 29.6. The molecular formula is C17H19N3O2. The number of hydrogen-bond acceptors (Lipinski definition) is 3. The summed E-state index contributed by atoms with van der Waals surface area (Å²) in [5, 5.41) is 2.84. The van der Waals surface area contributed by atoms with Crippen LogP contribution >= 0.6 is 0 Å². The van der Waals surface area contributed by atoms with Gasteiger partial charge in [0.05, 0.1) is 6.54 Å². The summed E-state index contributed by atoms with van der Waals surface area (Å²) in [7, 11) is 1.58. The van der Waals surface area contributed by atoms with E-state index >= 15 is 0 Å². The average molecular weight is 297 g/mol. The van der Waals surface area contributed by atoms with E-state index in [1.165, 1.54) is 4.90 Å². The molecule has 2 amide bonds. The molecule has 5 nitrogen and oxygen atoms in total. The minimum absolute atomic E-state index is 0.0250. The first-order chi connectivity index (χ1) is 10.5. The van der Waals surface area contributed by atoms with Crippen molar-refractivity contribution in [2.45, 2.75) is 13.8 Å². The second kappa shape index (κ2) is 6.85. The first kappa shape index (κ1) is 15.7. The van der Waals surface area contributed by atoms with Crippen molar-refractivity contribution >= 4 is 17.5 Å². The quantitative estimate of drug-likeness (QED) is 0.942. The van der Waals surface area contributed by atoms with E-state index in [-0.39, 0.29) is 18.4 Å². The summed E-state index contributed by atoms with van der Waals surface area (Å²) in [6.45, 7) is 3.87. The molecule has 0 radical (unpaired) electrons. The maximum atomic E-state index is 12.1. The Morgan fingerprint density at radius 3 is 2.64 bits per heavy atom. The van der Waals surface area contributed by atoms with E-state index in [4.69, 9.17) is 0 Å². The number of carbonyl (C=O) groups is 2. The van der Waals surface area contributed by atoms with Crippen molar-refractivity contribution < 1.29 is 9.59 Å². The van der Waals surface area contributed by atoms with E-state index in [1.807, 2.05) is 32.0 Å². The summed E-state index contributed by atoms with van der Waals surface area (Å²) in [6.07, 6.45) is 1.55. The van der Waals surface area contributed by atoms with Gasteiger partial charge in [-0.25, -0.2) is 0 Å². The fourth-order valence-electron chi connectivity index (χ4n) is 2.03. The molecule has 5 heteroatoms. The summed E-state index contributed by atoms with van der Waals surface area (Å²) < 4.78 is 0.